The molecular weight excluding hydrogens is 364 g/mol. The van der Waals surface area contributed by atoms with Crippen LogP contribution in [0.1, 0.15) is 25.7 Å². The molecule has 27 heavy (non-hydrogen) atoms. The highest BCUT2D eigenvalue weighted by Crippen LogP contribution is 2.31. The molecule has 2 aromatic rings. The Morgan fingerprint density at radius 1 is 1.30 bits per heavy atom. The summed E-state index contributed by atoms with van der Waals surface area (Å²) in [4.78, 5) is 11.4. The minimum absolute atomic E-state index is 0.407. The van der Waals surface area contributed by atoms with Crippen LogP contribution >= 0.6 is 11.6 Å². The van der Waals surface area contributed by atoms with Gasteiger partial charge in [-0.15, -0.1) is 0 Å². The number of aromatic nitrogens is 2. The first-order valence-corrected chi connectivity index (χ1v) is 9.80. The third-order valence-electron chi connectivity index (χ3n) is 5.23. The fourth-order valence-corrected chi connectivity index (χ4v) is 3.63. The summed E-state index contributed by atoms with van der Waals surface area (Å²) >= 11 is 5.92. The van der Waals surface area contributed by atoms with Gasteiger partial charge in [-0.05, 0) is 43.0 Å². The van der Waals surface area contributed by atoms with Gasteiger partial charge >= 0.3 is 0 Å². The van der Waals surface area contributed by atoms with Crippen molar-refractivity contribution in [3.63, 3.8) is 0 Å². The van der Waals surface area contributed by atoms with E-state index in [2.05, 4.69) is 37.6 Å². The van der Waals surface area contributed by atoms with Crippen LogP contribution in [-0.2, 0) is 6.54 Å². The van der Waals surface area contributed by atoms with Crippen LogP contribution < -0.4 is 10.6 Å². The maximum atomic E-state index is 5.92. The molecule has 2 atom stereocenters. The third-order valence-corrected chi connectivity index (χ3v) is 5.48. The third kappa shape index (κ3) is 4.42. The maximum absolute atomic E-state index is 5.92. The van der Waals surface area contributed by atoms with Crippen molar-refractivity contribution in [2.24, 2.45) is 10.9 Å². The van der Waals surface area contributed by atoms with Crippen molar-refractivity contribution in [2.45, 2.75) is 38.4 Å². The van der Waals surface area contributed by atoms with E-state index in [0.717, 1.165) is 30.7 Å². The second-order valence-electron chi connectivity index (χ2n) is 7.36. The van der Waals surface area contributed by atoms with E-state index in [9.17, 15) is 0 Å². The van der Waals surface area contributed by atoms with Crippen molar-refractivity contribution in [1.29, 1.82) is 0 Å². The Bertz CT molecular complexity index is 801. The molecule has 2 unspecified atom stereocenters. The highest BCUT2D eigenvalue weighted by atomic mass is 35.5. The Morgan fingerprint density at radius 2 is 2.07 bits per heavy atom. The van der Waals surface area contributed by atoms with E-state index in [1.165, 1.54) is 12.8 Å². The lowest BCUT2D eigenvalue weighted by Gasteiger charge is -2.19. The van der Waals surface area contributed by atoms with Gasteiger partial charge in [-0.3, -0.25) is 9.89 Å². The van der Waals surface area contributed by atoms with E-state index in [-0.39, 0.29) is 0 Å². The van der Waals surface area contributed by atoms with Gasteiger partial charge in [0.25, 0.3) is 0 Å². The molecule has 144 valence electrons. The molecule has 1 saturated heterocycles. The van der Waals surface area contributed by atoms with Gasteiger partial charge in [0, 0.05) is 42.8 Å². The lowest BCUT2D eigenvalue weighted by molar-refractivity contribution is 0.315. The van der Waals surface area contributed by atoms with Crippen molar-refractivity contribution in [2.75, 3.05) is 20.1 Å². The molecule has 2 aliphatic rings. The van der Waals surface area contributed by atoms with Crippen molar-refractivity contribution in [1.82, 2.24) is 25.7 Å². The number of likely N-dealkylation sites (tertiary alicyclic amines) is 1. The number of benzene rings is 1. The van der Waals surface area contributed by atoms with Gasteiger partial charge in [-0.1, -0.05) is 23.7 Å². The standard InChI is InChI=1S/C19H25ClN6O/c1-12-10-26(15-7-8-15)11-16(12)23-19(21-2)22-9-17-24-18(25-27-17)13-3-5-14(20)6-4-13/h3-6,12,15-16H,7-11H2,1-2H3,(H2,21,22,23). The van der Waals surface area contributed by atoms with Crippen LogP contribution in [0.25, 0.3) is 11.4 Å². The van der Waals surface area contributed by atoms with Gasteiger partial charge in [-0.25, -0.2) is 0 Å². The molecule has 2 fully saturated rings. The van der Waals surface area contributed by atoms with E-state index >= 15 is 0 Å². The number of hydrogen-bond donors (Lipinski definition) is 2. The van der Waals surface area contributed by atoms with Crippen LogP contribution in [-0.4, -0.2) is 53.2 Å². The predicted molar refractivity (Wildman–Crippen MR) is 106 cm³/mol. The molecule has 0 amide bonds. The Hall–Kier alpha value is -2.12. The number of halogens is 1. The first kappa shape index (κ1) is 18.3. The zero-order valence-electron chi connectivity index (χ0n) is 15.7. The molecule has 1 aliphatic carbocycles. The van der Waals surface area contributed by atoms with Gasteiger partial charge in [-0.2, -0.15) is 4.98 Å². The van der Waals surface area contributed by atoms with E-state index in [4.69, 9.17) is 16.1 Å². The van der Waals surface area contributed by atoms with Crippen LogP contribution in [0.3, 0.4) is 0 Å². The minimum atomic E-state index is 0.407. The lowest BCUT2D eigenvalue weighted by atomic mass is 10.1. The quantitative estimate of drug-likeness (QED) is 0.605. The molecule has 2 heterocycles. The predicted octanol–water partition coefficient (Wildman–Crippen LogP) is 2.54. The Balaban J connectivity index is 1.31. The largest absolute Gasteiger partial charge is 0.352 e. The average Bonchev–Trinajstić information content (AvgIpc) is 3.31. The molecule has 1 saturated carbocycles. The van der Waals surface area contributed by atoms with E-state index in [1.807, 2.05) is 24.3 Å². The minimum Gasteiger partial charge on any atom is -0.352 e. The Morgan fingerprint density at radius 3 is 2.78 bits per heavy atom. The number of aliphatic imine (C=N–C) groups is 1. The summed E-state index contributed by atoms with van der Waals surface area (Å²) < 4.78 is 5.34. The number of nitrogens with one attached hydrogen (secondary N) is 2. The van der Waals surface area contributed by atoms with Gasteiger partial charge in [0.1, 0.15) is 0 Å². The van der Waals surface area contributed by atoms with Crippen LogP contribution in [0.15, 0.2) is 33.8 Å². The van der Waals surface area contributed by atoms with Gasteiger partial charge in [0.15, 0.2) is 5.96 Å². The number of hydrogen-bond acceptors (Lipinski definition) is 5. The summed E-state index contributed by atoms with van der Waals surface area (Å²) in [6, 6.07) is 8.58. The Labute approximate surface area is 164 Å². The molecule has 7 nitrogen and oxygen atoms in total. The summed E-state index contributed by atoms with van der Waals surface area (Å²) in [5.41, 5.74) is 0.872. The number of rotatable bonds is 5. The van der Waals surface area contributed by atoms with E-state index in [0.29, 0.717) is 35.2 Å². The summed E-state index contributed by atoms with van der Waals surface area (Å²) in [6.45, 7) is 4.96. The van der Waals surface area contributed by atoms with Crippen LogP contribution in [0.5, 0.6) is 0 Å². The van der Waals surface area contributed by atoms with Crippen molar-refractivity contribution < 1.29 is 4.52 Å². The maximum Gasteiger partial charge on any atom is 0.246 e. The smallest absolute Gasteiger partial charge is 0.246 e. The van der Waals surface area contributed by atoms with E-state index in [1.54, 1.807) is 7.05 Å². The zero-order chi connectivity index (χ0) is 18.8. The monoisotopic (exact) mass is 388 g/mol. The Kier molecular flexibility index (Phi) is 5.31. The summed E-state index contributed by atoms with van der Waals surface area (Å²) in [5, 5.41) is 11.5. The summed E-state index contributed by atoms with van der Waals surface area (Å²) in [7, 11) is 1.78. The van der Waals surface area contributed by atoms with Gasteiger partial charge in [0.05, 0.1) is 6.54 Å². The molecule has 0 bridgehead atoms. The molecular formula is C19H25ClN6O. The van der Waals surface area contributed by atoms with Gasteiger partial charge in [0.2, 0.25) is 11.7 Å². The molecule has 4 rings (SSSR count). The molecule has 0 radical (unpaired) electrons. The first-order valence-electron chi connectivity index (χ1n) is 9.42. The average molecular weight is 389 g/mol. The molecule has 8 heteroatoms. The van der Waals surface area contributed by atoms with Crippen LogP contribution in [0.2, 0.25) is 5.02 Å². The van der Waals surface area contributed by atoms with Crippen molar-refractivity contribution in [3.05, 3.63) is 35.2 Å². The molecule has 1 aromatic heterocycles. The SMILES string of the molecule is CN=C(NCc1nc(-c2ccc(Cl)cc2)no1)NC1CN(C2CC2)CC1C. The topological polar surface area (TPSA) is 78.6 Å². The van der Waals surface area contributed by atoms with Crippen LogP contribution in [0, 0.1) is 5.92 Å². The first-order chi connectivity index (χ1) is 13.1. The lowest BCUT2D eigenvalue weighted by Crippen LogP contribution is -2.46. The molecule has 2 N–H and O–H groups in total. The second-order valence-corrected chi connectivity index (χ2v) is 7.79. The highest BCUT2D eigenvalue weighted by molar-refractivity contribution is 6.30. The number of nitrogens with zero attached hydrogens (tertiary/aromatic N) is 4. The fraction of sp³-hybridized carbons (Fsp3) is 0.526. The summed E-state index contributed by atoms with van der Waals surface area (Å²) in [5.74, 6) is 2.43. The van der Waals surface area contributed by atoms with Crippen molar-refractivity contribution >= 4 is 17.6 Å². The molecule has 0 spiro atoms. The molecule has 1 aliphatic heterocycles. The fourth-order valence-electron chi connectivity index (χ4n) is 3.50. The highest BCUT2D eigenvalue weighted by Gasteiger charge is 2.38. The van der Waals surface area contributed by atoms with Crippen LogP contribution in [0.4, 0.5) is 0 Å². The normalized spacial score (nSPS) is 23.6. The zero-order valence-corrected chi connectivity index (χ0v) is 16.4. The number of guanidine groups is 1. The second kappa shape index (κ2) is 7.86. The van der Waals surface area contributed by atoms with Crippen molar-refractivity contribution in [3.8, 4) is 11.4 Å². The van der Waals surface area contributed by atoms with Gasteiger partial charge < -0.3 is 15.2 Å². The molecule has 1 aromatic carbocycles. The van der Waals surface area contributed by atoms with E-state index < -0.39 is 0 Å². The summed E-state index contributed by atoms with van der Waals surface area (Å²) in [6.07, 6.45) is 2.69.